The second-order valence-electron chi connectivity index (χ2n) is 3.63. The fraction of sp³-hybridized carbons (Fsp3) is 0.300. The van der Waals surface area contributed by atoms with Crippen LogP contribution >= 0.6 is 0 Å². The fourth-order valence-electron chi connectivity index (χ4n) is 1.21. The zero-order chi connectivity index (χ0) is 11.7. The molecule has 6 heteroatoms. The number of rotatable bonds is 2. The first-order valence-corrected chi connectivity index (χ1v) is 4.78. The van der Waals surface area contributed by atoms with Gasteiger partial charge >= 0.3 is 6.03 Å². The molecule has 1 saturated carbocycles. The molecule has 1 aromatic carbocycles. The number of anilines is 1. The average molecular weight is 230 g/mol. The molecule has 0 bridgehead atoms. The number of halogens is 3. The van der Waals surface area contributed by atoms with Crippen molar-refractivity contribution in [3.8, 4) is 0 Å². The first-order chi connectivity index (χ1) is 7.56. The Hall–Kier alpha value is -1.72. The molecular formula is C10H9F3N2O. The minimum absolute atomic E-state index is 0.116. The summed E-state index contributed by atoms with van der Waals surface area (Å²) in [6, 6.07) is 1.04. The van der Waals surface area contributed by atoms with Gasteiger partial charge < -0.3 is 10.6 Å². The Morgan fingerprint density at radius 3 is 2.25 bits per heavy atom. The highest BCUT2D eigenvalue weighted by atomic mass is 19.2. The molecule has 0 aliphatic heterocycles. The molecule has 86 valence electrons. The Balaban J connectivity index is 2.05. The van der Waals surface area contributed by atoms with Crippen LogP contribution in [-0.4, -0.2) is 12.1 Å². The van der Waals surface area contributed by atoms with Crippen molar-refractivity contribution in [2.75, 3.05) is 5.32 Å². The lowest BCUT2D eigenvalue weighted by Crippen LogP contribution is -2.30. The first kappa shape index (κ1) is 10.8. The van der Waals surface area contributed by atoms with Crippen molar-refractivity contribution >= 4 is 11.7 Å². The van der Waals surface area contributed by atoms with E-state index in [4.69, 9.17) is 0 Å². The molecule has 1 aliphatic rings. The van der Waals surface area contributed by atoms with E-state index >= 15 is 0 Å². The molecule has 0 spiro atoms. The normalized spacial score (nSPS) is 14.7. The number of nitrogens with one attached hydrogen (secondary N) is 2. The van der Waals surface area contributed by atoms with E-state index in [1.807, 2.05) is 0 Å². The number of hydrogen-bond donors (Lipinski definition) is 2. The van der Waals surface area contributed by atoms with Gasteiger partial charge in [-0.15, -0.1) is 0 Å². The Kier molecular flexibility index (Phi) is 2.72. The molecule has 0 saturated heterocycles. The predicted molar refractivity (Wildman–Crippen MR) is 51.5 cm³/mol. The molecule has 0 heterocycles. The Morgan fingerprint density at radius 1 is 1.19 bits per heavy atom. The van der Waals surface area contributed by atoms with Crippen molar-refractivity contribution in [1.29, 1.82) is 0 Å². The maximum atomic E-state index is 12.8. The molecule has 1 aliphatic carbocycles. The predicted octanol–water partition coefficient (Wildman–Crippen LogP) is 2.39. The summed E-state index contributed by atoms with van der Waals surface area (Å²) < 4.78 is 38.1. The highest BCUT2D eigenvalue weighted by Crippen LogP contribution is 2.20. The molecule has 2 rings (SSSR count). The van der Waals surface area contributed by atoms with E-state index in [9.17, 15) is 18.0 Å². The van der Waals surface area contributed by atoms with Crippen molar-refractivity contribution in [3.63, 3.8) is 0 Å². The van der Waals surface area contributed by atoms with Crippen LogP contribution in [0.4, 0.5) is 23.7 Å². The van der Waals surface area contributed by atoms with Crippen molar-refractivity contribution in [3.05, 3.63) is 29.6 Å². The Morgan fingerprint density at radius 2 is 1.75 bits per heavy atom. The molecule has 0 radical (unpaired) electrons. The van der Waals surface area contributed by atoms with Crippen LogP contribution in [0.2, 0.25) is 0 Å². The standard InChI is InChI=1S/C10H9F3N2O/c11-7-3-6(4-8(12)9(7)13)15-10(16)14-5-1-2-5/h3-5H,1-2H2,(H2,14,15,16). The highest BCUT2D eigenvalue weighted by Gasteiger charge is 2.23. The van der Waals surface area contributed by atoms with Gasteiger partial charge in [0.1, 0.15) is 0 Å². The van der Waals surface area contributed by atoms with Crippen LogP contribution in [0.25, 0.3) is 0 Å². The number of benzene rings is 1. The molecule has 2 N–H and O–H groups in total. The van der Waals surface area contributed by atoms with Crippen LogP contribution in [0.15, 0.2) is 12.1 Å². The minimum atomic E-state index is -1.55. The quantitative estimate of drug-likeness (QED) is 0.752. The van der Waals surface area contributed by atoms with E-state index in [1.165, 1.54) is 0 Å². The van der Waals surface area contributed by atoms with Gasteiger partial charge in [0.05, 0.1) is 0 Å². The third-order valence-corrected chi connectivity index (χ3v) is 2.15. The lowest BCUT2D eigenvalue weighted by atomic mass is 10.3. The first-order valence-electron chi connectivity index (χ1n) is 4.78. The molecule has 3 nitrogen and oxygen atoms in total. The topological polar surface area (TPSA) is 41.1 Å². The summed E-state index contributed by atoms with van der Waals surface area (Å²) in [6.45, 7) is 0. The maximum Gasteiger partial charge on any atom is 0.319 e. The summed E-state index contributed by atoms with van der Waals surface area (Å²) in [4.78, 5) is 11.2. The summed E-state index contributed by atoms with van der Waals surface area (Å²) in [6.07, 6.45) is 1.80. The van der Waals surface area contributed by atoms with E-state index in [0.717, 1.165) is 25.0 Å². The second kappa shape index (κ2) is 4.03. The van der Waals surface area contributed by atoms with Crippen molar-refractivity contribution < 1.29 is 18.0 Å². The third kappa shape index (κ3) is 2.44. The van der Waals surface area contributed by atoms with Gasteiger partial charge in [0.25, 0.3) is 0 Å². The molecule has 16 heavy (non-hydrogen) atoms. The summed E-state index contributed by atoms with van der Waals surface area (Å²) in [7, 11) is 0. The van der Waals surface area contributed by atoms with Gasteiger partial charge in [-0.1, -0.05) is 0 Å². The maximum absolute atomic E-state index is 12.8. The monoisotopic (exact) mass is 230 g/mol. The molecule has 1 fully saturated rings. The van der Waals surface area contributed by atoms with Gasteiger partial charge in [-0.05, 0) is 12.8 Å². The van der Waals surface area contributed by atoms with Gasteiger partial charge in [0.2, 0.25) is 0 Å². The lowest BCUT2D eigenvalue weighted by molar-refractivity contribution is 0.251. The van der Waals surface area contributed by atoms with Gasteiger partial charge in [-0.2, -0.15) is 0 Å². The van der Waals surface area contributed by atoms with Gasteiger partial charge in [0, 0.05) is 23.9 Å². The van der Waals surface area contributed by atoms with Gasteiger partial charge in [-0.3, -0.25) is 0 Å². The van der Waals surface area contributed by atoms with Crippen molar-refractivity contribution in [2.45, 2.75) is 18.9 Å². The fourth-order valence-corrected chi connectivity index (χ4v) is 1.21. The van der Waals surface area contributed by atoms with Crippen molar-refractivity contribution in [1.82, 2.24) is 5.32 Å². The van der Waals surface area contributed by atoms with E-state index in [0.29, 0.717) is 0 Å². The number of carbonyl (C=O) groups is 1. The van der Waals surface area contributed by atoms with Gasteiger partial charge in [-0.25, -0.2) is 18.0 Å². The van der Waals surface area contributed by atoms with E-state index in [2.05, 4.69) is 10.6 Å². The number of urea groups is 1. The molecule has 2 amide bonds. The zero-order valence-corrected chi connectivity index (χ0v) is 8.19. The van der Waals surface area contributed by atoms with Crippen LogP contribution < -0.4 is 10.6 Å². The Bertz CT molecular complexity index is 409. The highest BCUT2D eigenvalue weighted by molar-refractivity contribution is 5.89. The average Bonchev–Trinajstić information content (AvgIpc) is 2.97. The summed E-state index contributed by atoms with van der Waals surface area (Å²) in [5.41, 5.74) is -0.116. The lowest BCUT2D eigenvalue weighted by Gasteiger charge is -2.07. The van der Waals surface area contributed by atoms with Crippen LogP contribution in [0.5, 0.6) is 0 Å². The van der Waals surface area contributed by atoms with Crippen LogP contribution in [0.1, 0.15) is 12.8 Å². The van der Waals surface area contributed by atoms with Crippen LogP contribution in [-0.2, 0) is 0 Å². The molecule has 1 aromatic rings. The Labute approximate surface area is 89.6 Å². The molecule has 0 aromatic heterocycles. The zero-order valence-electron chi connectivity index (χ0n) is 8.19. The number of carbonyl (C=O) groups excluding carboxylic acids is 1. The summed E-state index contributed by atoms with van der Waals surface area (Å²) in [5.74, 6) is -4.21. The summed E-state index contributed by atoms with van der Waals surface area (Å²) >= 11 is 0. The second-order valence-corrected chi connectivity index (χ2v) is 3.63. The van der Waals surface area contributed by atoms with E-state index in [-0.39, 0.29) is 11.7 Å². The molecule has 0 unspecified atom stereocenters. The SMILES string of the molecule is O=C(Nc1cc(F)c(F)c(F)c1)NC1CC1. The summed E-state index contributed by atoms with van der Waals surface area (Å²) in [5, 5.41) is 4.79. The third-order valence-electron chi connectivity index (χ3n) is 2.15. The van der Waals surface area contributed by atoms with Gasteiger partial charge in [0.15, 0.2) is 17.5 Å². The smallest absolute Gasteiger partial charge is 0.319 e. The van der Waals surface area contributed by atoms with Crippen LogP contribution in [0.3, 0.4) is 0 Å². The van der Waals surface area contributed by atoms with Crippen LogP contribution in [0, 0.1) is 17.5 Å². The number of amides is 2. The minimum Gasteiger partial charge on any atom is -0.335 e. The number of hydrogen-bond acceptors (Lipinski definition) is 1. The molecular weight excluding hydrogens is 221 g/mol. The molecule has 0 atom stereocenters. The van der Waals surface area contributed by atoms with Crippen molar-refractivity contribution in [2.24, 2.45) is 0 Å². The van der Waals surface area contributed by atoms with E-state index in [1.54, 1.807) is 0 Å². The largest absolute Gasteiger partial charge is 0.335 e. The van der Waals surface area contributed by atoms with E-state index < -0.39 is 23.5 Å².